The van der Waals surface area contributed by atoms with Crippen LogP contribution in [-0.4, -0.2) is 61.2 Å². The van der Waals surface area contributed by atoms with E-state index in [0.717, 1.165) is 32.6 Å². The Balaban J connectivity index is 1.91. The lowest BCUT2D eigenvalue weighted by Gasteiger charge is -2.38. The summed E-state index contributed by atoms with van der Waals surface area (Å²) in [6, 6.07) is 8.47. The third kappa shape index (κ3) is 3.95. The summed E-state index contributed by atoms with van der Waals surface area (Å²) in [4.78, 5) is 4.84. The molecule has 0 saturated carbocycles. The van der Waals surface area contributed by atoms with E-state index in [9.17, 15) is 5.11 Å². The molecule has 1 heterocycles. The molecule has 4 heteroatoms. The zero-order valence-electron chi connectivity index (χ0n) is 12.8. The van der Waals surface area contributed by atoms with Gasteiger partial charge in [-0.3, -0.25) is 4.90 Å². The van der Waals surface area contributed by atoms with Crippen LogP contribution >= 0.6 is 0 Å². The molecule has 0 amide bonds. The molecule has 1 saturated heterocycles. The molecule has 2 N–H and O–H groups in total. The van der Waals surface area contributed by atoms with Gasteiger partial charge in [0.1, 0.15) is 5.75 Å². The molecule has 2 unspecified atom stereocenters. The van der Waals surface area contributed by atoms with Crippen LogP contribution in [0.2, 0.25) is 0 Å². The van der Waals surface area contributed by atoms with E-state index in [1.807, 2.05) is 12.1 Å². The van der Waals surface area contributed by atoms with E-state index in [0.29, 0.717) is 17.8 Å². The minimum Gasteiger partial charge on any atom is -0.508 e. The molecule has 0 aromatic heterocycles. The number of hydrogen-bond donors (Lipinski definition) is 2. The highest BCUT2D eigenvalue weighted by Crippen LogP contribution is 2.19. The number of piperazine rings is 1. The third-order valence-electron chi connectivity index (χ3n) is 4.28. The normalized spacial score (nSPS) is 22.9. The van der Waals surface area contributed by atoms with Crippen LogP contribution in [0.15, 0.2) is 24.3 Å². The fourth-order valence-electron chi connectivity index (χ4n) is 2.80. The Labute approximate surface area is 122 Å². The Bertz CT molecular complexity index is 407. The molecular formula is C16H27N3O. The van der Waals surface area contributed by atoms with Crippen LogP contribution in [0, 0.1) is 0 Å². The number of rotatable bonds is 5. The topological polar surface area (TPSA) is 38.7 Å². The van der Waals surface area contributed by atoms with Gasteiger partial charge < -0.3 is 15.3 Å². The molecule has 1 aliphatic heterocycles. The fraction of sp³-hybridized carbons (Fsp3) is 0.625. The summed E-state index contributed by atoms with van der Waals surface area (Å²) >= 11 is 0. The van der Waals surface area contributed by atoms with E-state index in [4.69, 9.17) is 0 Å². The lowest BCUT2D eigenvalue weighted by molar-refractivity contribution is 0.111. The van der Waals surface area contributed by atoms with Gasteiger partial charge in [-0.1, -0.05) is 19.1 Å². The van der Waals surface area contributed by atoms with Crippen LogP contribution < -0.4 is 5.32 Å². The number of nitrogens with one attached hydrogen (secondary N) is 1. The van der Waals surface area contributed by atoms with Crippen molar-refractivity contribution in [3.8, 4) is 5.75 Å². The van der Waals surface area contributed by atoms with Gasteiger partial charge in [0.05, 0.1) is 0 Å². The van der Waals surface area contributed by atoms with Crippen LogP contribution in [0.25, 0.3) is 0 Å². The second-order valence-electron chi connectivity index (χ2n) is 5.86. The number of phenolic OH excluding ortho intramolecular Hbond substituents is 1. The molecule has 2 rings (SSSR count). The van der Waals surface area contributed by atoms with Gasteiger partial charge in [-0.15, -0.1) is 0 Å². The highest BCUT2D eigenvalue weighted by molar-refractivity contribution is 5.28. The van der Waals surface area contributed by atoms with E-state index in [1.165, 1.54) is 5.56 Å². The minimum atomic E-state index is 0.331. The molecule has 0 bridgehead atoms. The maximum absolute atomic E-state index is 9.38. The molecule has 1 aromatic carbocycles. The Morgan fingerprint density at radius 3 is 2.60 bits per heavy atom. The van der Waals surface area contributed by atoms with E-state index in [1.54, 1.807) is 12.1 Å². The number of nitrogens with zero attached hydrogens (tertiary/aromatic N) is 2. The van der Waals surface area contributed by atoms with Crippen molar-refractivity contribution in [2.24, 2.45) is 0 Å². The molecule has 1 aromatic rings. The van der Waals surface area contributed by atoms with E-state index >= 15 is 0 Å². The van der Waals surface area contributed by atoms with Crippen molar-refractivity contribution >= 4 is 0 Å². The van der Waals surface area contributed by atoms with Gasteiger partial charge in [-0.2, -0.15) is 0 Å². The molecule has 4 nitrogen and oxygen atoms in total. The van der Waals surface area contributed by atoms with E-state index in [-0.39, 0.29) is 0 Å². The molecule has 0 radical (unpaired) electrons. The number of phenols is 1. The van der Waals surface area contributed by atoms with Gasteiger partial charge in [-0.05, 0) is 38.2 Å². The van der Waals surface area contributed by atoms with E-state index in [2.05, 4.69) is 36.1 Å². The molecule has 2 atom stereocenters. The molecule has 20 heavy (non-hydrogen) atoms. The summed E-state index contributed by atoms with van der Waals surface area (Å²) in [5.41, 5.74) is 1.25. The van der Waals surface area contributed by atoms with Crippen LogP contribution in [0.1, 0.15) is 24.9 Å². The number of benzene rings is 1. The second-order valence-corrected chi connectivity index (χ2v) is 5.86. The van der Waals surface area contributed by atoms with Gasteiger partial charge in [0.15, 0.2) is 0 Å². The van der Waals surface area contributed by atoms with Crippen molar-refractivity contribution in [1.82, 2.24) is 15.1 Å². The summed E-state index contributed by atoms with van der Waals surface area (Å²) in [6.07, 6.45) is 1.05. The van der Waals surface area contributed by atoms with Crippen LogP contribution in [0.4, 0.5) is 0 Å². The molecule has 112 valence electrons. The van der Waals surface area contributed by atoms with Gasteiger partial charge in [0.2, 0.25) is 0 Å². The average molecular weight is 277 g/mol. The zero-order valence-corrected chi connectivity index (χ0v) is 12.8. The molecule has 1 fully saturated rings. The van der Waals surface area contributed by atoms with Crippen LogP contribution in [0.3, 0.4) is 0 Å². The van der Waals surface area contributed by atoms with Crippen molar-refractivity contribution in [1.29, 1.82) is 0 Å². The smallest absolute Gasteiger partial charge is 0.115 e. The summed E-state index contributed by atoms with van der Waals surface area (Å²) in [5, 5.41) is 13.1. The standard InChI is InChI=1S/C16H27N3O/c1-4-16(13-5-7-15(20)8-6-13)17-11-14-12-18(2)9-10-19(14)3/h5-8,14,16-17,20H,4,9-12H2,1-3H3. The highest BCUT2D eigenvalue weighted by atomic mass is 16.3. The molecule has 0 aliphatic carbocycles. The van der Waals surface area contributed by atoms with Crippen molar-refractivity contribution in [3.63, 3.8) is 0 Å². The van der Waals surface area contributed by atoms with Crippen LogP contribution in [0.5, 0.6) is 5.75 Å². The van der Waals surface area contributed by atoms with Crippen molar-refractivity contribution in [2.75, 3.05) is 40.3 Å². The first-order valence-electron chi connectivity index (χ1n) is 7.51. The summed E-state index contributed by atoms with van der Waals surface area (Å²) in [6.45, 7) is 6.61. The van der Waals surface area contributed by atoms with Crippen LogP contribution in [-0.2, 0) is 0 Å². The predicted octanol–water partition coefficient (Wildman–Crippen LogP) is 1.68. The number of hydrogen-bond acceptors (Lipinski definition) is 4. The monoisotopic (exact) mass is 277 g/mol. The Kier molecular flexibility index (Phi) is 5.40. The predicted molar refractivity (Wildman–Crippen MR) is 83.1 cm³/mol. The second kappa shape index (κ2) is 7.07. The lowest BCUT2D eigenvalue weighted by atomic mass is 10.0. The maximum Gasteiger partial charge on any atom is 0.115 e. The number of aromatic hydroxyl groups is 1. The van der Waals surface area contributed by atoms with Gasteiger partial charge in [0, 0.05) is 38.3 Å². The minimum absolute atomic E-state index is 0.331. The summed E-state index contributed by atoms with van der Waals surface area (Å²) in [7, 11) is 4.40. The molecular weight excluding hydrogens is 250 g/mol. The largest absolute Gasteiger partial charge is 0.508 e. The van der Waals surface area contributed by atoms with Crippen molar-refractivity contribution in [3.05, 3.63) is 29.8 Å². The fourth-order valence-corrected chi connectivity index (χ4v) is 2.80. The van der Waals surface area contributed by atoms with Gasteiger partial charge >= 0.3 is 0 Å². The SMILES string of the molecule is CCC(NCC1CN(C)CCN1C)c1ccc(O)cc1. The Morgan fingerprint density at radius 2 is 1.95 bits per heavy atom. The number of likely N-dealkylation sites (N-methyl/N-ethyl adjacent to an activating group) is 2. The quantitative estimate of drug-likeness (QED) is 0.859. The average Bonchev–Trinajstić information content (AvgIpc) is 2.45. The molecule has 0 spiro atoms. The third-order valence-corrected chi connectivity index (χ3v) is 4.28. The maximum atomic E-state index is 9.38. The highest BCUT2D eigenvalue weighted by Gasteiger charge is 2.22. The van der Waals surface area contributed by atoms with Gasteiger partial charge in [0.25, 0.3) is 0 Å². The summed E-state index contributed by atoms with van der Waals surface area (Å²) < 4.78 is 0. The van der Waals surface area contributed by atoms with E-state index < -0.39 is 0 Å². The molecule has 1 aliphatic rings. The van der Waals surface area contributed by atoms with Crippen molar-refractivity contribution in [2.45, 2.75) is 25.4 Å². The summed E-state index contributed by atoms with van der Waals surface area (Å²) in [5.74, 6) is 0.331. The Hall–Kier alpha value is -1.10. The van der Waals surface area contributed by atoms with Gasteiger partial charge in [-0.25, -0.2) is 0 Å². The zero-order chi connectivity index (χ0) is 14.5. The lowest BCUT2D eigenvalue weighted by Crippen LogP contribution is -2.54. The first-order chi connectivity index (χ1) is 9.60. The first-order valence-corrected chi connectivity index (χ1v) is 7.51. The van der Waals surface area contributed by atoms with Crippen molar-refractivity contribution < 1.29 is 5.11 Å². The first kappa shape index (κ1) is 15.3. The Morgan fingerprint density at radius 1 is 1.25 bits per heavy atom.